The summed E-state index contributed by atoms with van der Waals surface area (Å²) in [5.41, 5.74) is 0.207. The summed E-state index contributed by atoms with van der Waals surface area (Å²) >= 11 is 3.36. The van der Waals surface area contributed by atoms with E-state index >= 15 is 0 Å². The van der Waals surface area contributed by atoms with Gasteiger partial charge in [0, 0.05) is 17.3 Å². The number of fused-ring (bicyclic) bond motifs is 1. The van der Waals surface area contributed by atoms with Crippen molar-refractivity contribution < 1.29 is 14.3 Å². The number of benzene rings is 1. The zero-order valence-electron chi connectivity index (χ0n) is 9.87. The third kappa shape index (κ3) is 1.99. The van der Waals surface area contributed by atoms with Crippen LogP contribution in [-0.4, -0.2) is 17.2 Å². The van der Waals surface area contributed by atoms with Crippen LogP contribution in [0.4, 0.5) is 0 Å². The first-order valence-electron chi connectivity index (χ1n) is 6.11. The highest BCUT2D eigenvalue weighted by molar-refractivity contribution is 9.10. The third-order valence-electron chi connectivity index (χ3n) is 3.77. The van der Waals surface area contributed by atoms with E-state index in [9.17, 15) is 9.59 Å². The molecule has 0 amide bonds. The average molecular weight is 309 g/mol. The van der Waals surface area contributed by atoms with Crippen molar-refractivity contribution >= 4 is 27.5 Å². The van der Waals surface area contributed by atoms with E-state index in [-0.39, 0.29) is 11.6 Å². The lowest BCUT2D eigenvalue weighted by atomic mass is 9.78. The first-order chi connectivity index (χ1) is 8.58. The second-order valence-electron chi connectivity index (χ2n) is 5.06. The lowest BCUT2D eigenvalue weighted by Crippen LogP contribution is -2.45. The van der Waals surface area contributed by atoms with Crippen molar-refractivity contribution in [2.45, 2.75) is 37.7 Å². The van der Waals surface area contributed by atoms with Crippen molar-refractivity contribution in [1.29, 1.82) is 0 Å². The highest BCUT2D eigenvalue weighted by atomic mass is 79.9. The second-order valence-corrected chi connectivity index (χ2v) is 5.98. The Kier molecular flexibility index (Phi) is 2.77. The molecule has 1 heterocycles. The number of ketones is 2. The molecule has 0 radical (unpaired) electrons. The molecular formula is C14H13BrO3. The number of hydrogen-bond donors (Lipinski definition) is 0. The third-order valence-corrected chi connectivity index (χ3v) is 4.26. The molecule has 1 aromatic carbocycles. The molecule has 1 fully saturated rings. The standard InChI is InChI=1S/C14H13BrO3/c15-9-1-2-13-11(7-9)12(17)8-14(18-13)5-3-10(16)4-6-14/h1-2,7H,3-6,8H2. The van der Waals surface area contributed by atoms with Crippen molar-refractivity contribution in [1.82, 2.24) is 0 Å². The molecule has 0 unspecified atom stereocenters. The average Bonchev–Trinajstić information content (AvgIpc) is 2.35. The Morgan fingerprint density at radius 2 is 1.89 bits per heavy atom. The molecular weight excluding hydrogens is 296 g/mol. The number of hydrogen-bond acceptors (Lipinski definition) is 3. The van der Waals surface area contributed by atoms with Crippen LogP contribution < -0.4 is 4.74 Å². The van der Waals surface area contributed by atoms with Gasteiger partial charge in [-0.25, -0.2) is 0 Å². The smallest absolute Gasteiger partial charge is 0.170 e. The Balaban J connectivity index is 1.94. The molecule has 2 aliphatic rings. The minimum atomic E-state index is -0.439. The van der Waals surface area contributed by atoms with Crippen molar-refractivity contribution in [3.8, 4) is 5.75 Å². The predicted molar refractivity (Wildman–Crippen MR) is 69.9 cm³/mol. The highest BCUT2D eigenvalue weighted by Gasteiger charge is 2.42. The molecule has 1 aromatic rings. The van der Waals surface area contributed by atoms with Crippen LogP contribution in [0, 0.1) is 0 Å². The number of halogens is 1. The summed E-state index contributed by atoms with van der Waals surface area (Å²) in [6.07, 6.45) is 2.77. The predicted octanol–water partition coefficient (Wildman–Crippen LogP) is 3.30. The Labute approximate surface area is 114 Å². The van der Waals surface area contributed by atoms with Crippen LogP contribution in [0.3, 0.4) is 0 Å². The van der Waals surface area contributed by atoms with E-state index in [2.05, 4.69) is 15.9 Å². The van der Waals surface area contributed by atoms with Gasteiger partial charge in [-0.15, -0.1) is 0 Å². The summed E-state index contributed by atoms with van der Waals surface area (Å²) in [5.74, 6) is 1.05. The fourth-order valence-corrected chi connectivity index (χ4v) is 3.09. The molecule has 1 aliphatic carbocycles. The van der Waals surface area contributed by atoms with Gasteiger partial charge in [0.1, 0.15) is 17.1 Å². The molecule has 0 saturated heterocycles. The van der Waals surface area contributed by atoms with Gasteiger partial charge in [0.05, 0.1) is 12.0 Å². The molecule has 0 atom stereocenters. The maximum absolute atomic E-state index is 12.2. The van der Waals surface area contributed by atoms with E-state index in [1.54, 1.807) is 6.07 Å². The summed E-state index contributed by atoms with van der Waals surface area (Å²) < 4.78 is 6.92. The van der Waals surface area contributed by atoms with Gasteiger partial charge in [-0.3, -0.25) is 9.59 Å². The van der Waals surface area contributed by atoms with Crippen molar-refractivity contribution in [3.63, 3.8) is 0 Å². The normalized spacial score (nSPS) is 21.6. The Morgan fingerprint density at radius 3 is 2.61 bits per heavy atom. The first kappa shape index (κ1) is 11.9. The molecule has 1 aliphatic heterocycles. The topological polar surface area (TPSA) is 43.4 Å². The molecule has 3 nitrogen and oxygen atoms in total. The number of carbonyl (C=O) groups is 2. The van der Waals surface area contributed by atoms with Crippen LogP contribution in [0.25, 0.3) is 0 Å². The van der Waals surface area contributed by atoms with Crippen molar-refractivity contribution in [2.24, 2.45) is 0 Å². The zero-order valence-corrected chi connectivity index (χ0v) is 11.5. The molecule has 0 N–H and O–H groups in total. The molecule has 1 saturated carbocycles. The summed E-state index contributed by atoms with van der Waals surface area (Å²) in [6, 6.07) is 5.51. The van der Waals surface area contributed by atoms with Crippen LogP contribution in [0.1, 0.15) is 42.5 Å². The molecule has 3 rings (SSSR count). The van der Waals surface area contributed by atoms with Gasteiger partial charge in [0.25, 0.3) is 0 Å². The molecule has 94 valence electrons. The van der Waals surface area contributed by atoms with Gasteiger partial charge in [-0.1, -0.05) is 15.9 Å². The quantitative estimate of drug-likeness (QED) is 0.738. The Morgan fingerprint density at radius 1 is 1.17 bits per heavy atom. The maximum Gasteiger partial charge on any atom is 0.170 e. The zero-order chi connectivity index (χ0) is 12.8. The number of carbonyl (C=O) groups excluding carboxylic acids is 2. The maximum atomic E-state index is 12.2. The number of Topliss-reactive ketones (excluding diaryl/α,β-unsaturated/α-hetero) is 2. The van der Waals surface area contributed by atoms with Gasteiger partial charge in [0.15, 0.2) is 5.78 Å². The van der Waals surface area contributed by atoms with E-state index in [1.807, 2.05) is 12.1 Å². The van der Waals surface area contributed by atoms with Crippen molar-refractivity contribution in [3.05, 3.63) is 28.2 Å². The van der Waals surface area contributed by atoms with Crippen LogP contribution in [0.2, 0.25) is 0 Å². The van der Waals surface area contributed by atoms with Crippen molar-refractivity contribution in [2.75, 3.05) is 0 Å². The van der Waals surface area contributed by atoms with Crippen LogP contribution in [0.15, 0.2) is 22.7 Å². The molecule has 0 bridgehead atoms. The summed E-state index contributed by atoms with van der Waals surface area (Å²) in [4.78, 5) is 23.5. The van der Waals surface area contributed by atoms with Gasteiger partial charge in [-0.05, 0) is 31.0 Å². The lowest BCUT2D eigenvalue weighted by molar-refractivity contribution is -0.124. The van der Waals surface area contributed by atoms with Gasteiger partial charge in [0.2, 0.25) is 0 Å². The monoisotopic (exact) mass is 308 g/mol. The highest BCUT2D eigenvalue weighted by Crippen LogP contribution is 2.41. The van der Waals surface area contributed by atoms with E-state index in [1.165, 1.54) is 0 Å². The van der Waals surface area contributed by atoms with E-state index in [4.69, 9.17) is 4.74 Å². The fraction of sp³-hybridized carbons (Fsp3) is 0.429. The molecule has 18 heavy (non-hydrogen) atoms. The lowest BCUT2D eigenvalue weighted by Gasteiger charge is -2.40. The Bertz CT molecular complexity index is 526. The number of rotatable bonds is 0. The Hall–Kier alpha value is -1.16. The second kappa shape index (κ2) is 4.19. The summed E-state index contributed by atoms with van der Waals surface area (Å²) in [6.45, 7) is 0. The molecule has 0 aromatic heterocycles. The minimum Gasteiger partial charge on any atom is -0.486 e. The van der Waals surface area contributed by atoms with E-state index in [0.29, 0.717) is 43.4 Å². The molecule has 1 spiro atoms. The molecule has 4 heteroatoms. The van der Waals surface area contributed by atoms with Gasteiger partial charge in [-0.2, -0.15) is 0 Å². The van der Waals surface area contributed by atoms with E-state index < -0.39 is 5.60 Å². The van der Waals surface area contributed by atoms with Crippen LogP contribution in [-0.2, 0) is 4.79 Å². The van der Waals surface area contributed by atoms with Gasteiger partial charge >= 0.3 is 0 Å². The first-order valence-corrected chi connectivity index (χ1v) is 6.91. The minimum absolute atomic E-state index is 0.117. The van der Waals surface area contributed by atoms with Gasteiger partial charge < -0.3 is 4.74 Å². The van der Waals surface area contributed by atoms with Crippen LogP contribution in [0.5, 0.6) is 5.75 Å². The summed E-state index contributed by atoms with van der Waals surface area (Å²) in [5, 5.41) is 0. The SMILES string of the molecule is O=C1CCC2(CC1)CC(=O)c1cc(Br)ccc1O2. The number of ether oxygens (including phenoxy) is 1. The largest absolute Gasteiger partial charge is 0.486 e. The van der Waals surface area contributed by atoms with E-state index in [0.717, 1.165) is 4.47 Å². The summed E-state index contributed by atoms with van der Waals surface area (Å²) in [7, 11) is 0. The fourth-order valence-electron chi connectivity index (χ4n) is 2.73. The van der Waals surface area contributed by atoms with Crippen LogP contribution >= 0.6 is 15.9 Å².